The predicted octanol–water partition coefficient (Wildman–Crippen LogP) is 16.6. The van der Waals surface area contributed by atoms with Crippen LogP contribution in [0.25, 0.3) is 55.6 Å². The highest BCUT2D eigenvalue weighted by Gasteiger charge is 2.16. The Morgan fingerprint density at radius 3 is 0.806 bits per heavy atom. The molecule has 0 unspecified atom stereocenters. The number of nitrogens with zero attached hydrogens (tertiary/aromatic N) is 2. The third kappa shape index (κ3) is 8.12. The number of hydrogen-bond acceptors (Lipinski definition) is 2. The maximum Gasteiger partial charge on any atom is 0.0973 e. The van der Waals surface area contributed by atoms with Gasteiger partial charge in [0.05, 0.1) is 5.69 Å². The van der Waals surface area contributed by atoms with Crippen LogP contribution in [0.5, 0.6) is 0 Å². The summed E-state index contributed by atoms with van der Waals surface area (Å²) in [6.45, 7) is 0. The minimum atomic E-state index is 0.921. The van der Waals surface area contributed by atoms with Crippen molar-refractivity contribution >= 4 is 34.1 Å². The first-order valence-corrected chi connectivity index (χ1v) is 21.0. The van der Waals surface area contributed by atoms with E-state index < -0.39 is 0 Å². The molecule has 0 amide bonds. The van der Waals surface area contributed by atoms with Gasteiger partial charge in [-0.15, -0.1) is 0 Å². The van der Waals surface area contributed by atoms with E-state index in [1.807, 2.05) is 6.07 Å². The topological polar surface area (TPSA) is 6.48 Å². The van der Waals surface area contributed by atoms with Crippen molar-refractivity contribution in [2.24, 2.45) is 0 Å². The van der Waals surface area contributed by atoms with Crippen LogP contribution in [0.2, 0.25) is 0 Å². The van der Waals surface area contributed by atoms with Crippen LogP contribution in [-0.2, 0) is 0 Å². The molecule has 62 heavy (non-hydrogen) atoms. The molecule has 0 aromatic heterocycles. The van der Waals surface area contributed by atoms with E-state index in [9.17, 15) is 0 Å². The van der Waals surface area contributed by atoms with E-state index in [4.69, 9.17) is 0 Å². The first-order valence-electron chi connectivity index (χ1n) is 21.0. The van der Waals surface area contributed by atoms with E-state index in [2.05, 4.69) is 271 Å². The van der Waals surface area contributed by atoms with Gasteiger partial charge in [0.1, 0.15) is 0 Å². The molecule has 10 aromatic carbocycles. The molecule has 0 saturated carbocycles. The normalized spacial score (nSPS) is 10.8. The van der Waals surface area contributed by atoms with E-state index in [1.54, 1.807) is 0 Å². The van der Waals surface area contributed by atoms with Gasteiger partial charge in [0.15, 0.2) is 0 Å². The summed E-state index contributed by atoms with van der Waals surface area (Å²) < 4.78 is 0. The lowest BCUT2D eigenvalue weighted by molar-refractivity contribution is 1.28. The van der Waals surface area contributed by atoms with Crippen molar-refractivity contribution in [2.75, 3.05) is 9.80 Å². The standard InChI is InChI=1S/C60H42N2/c1-5-13-45(14-6-1)48-21-23-49(24-22-48)52-29-39-56(40-30-52)61(55-19-11-4-12-20-55)57-41-31-53(32-42-57)54-33-43-60(44-34-54)62(58-35-25-50(26-36-58)46-15-7-2-8-16-46)59-37-27-51(28-38-59)47-17-9-3-10-18-47/h1-27,29-37,39-44H. The number of benzene rings is 9. The lowest BCUT2D eigenvalue weighted by Gasteiger charge is -2.26. The second kappa shape index (κ2) is 17.5. The maximum absolute atomic E-state index is 3.48. The van der Waals surface area contributed by atoms with Crippen LogP contribution in [0.15, 0.2) is 255 Å². The van der Waals surface area contributed by atoms with Gasteiger partial charge in [-0.2, -0.15) is 0 Å². The summed E-state index contributed by atoms with van der Waals surface area (Å²) in [5.41, 5.74) is 17.9. The molecule has 0 bridgehead atoms. The van der Waals surface area contributed by atoms with Gasteiger partial charge in [-0.1, -0.05) is 188 Å². The molecule has 292 valence electrons. The summed E-state index contributed by atoms with van der Waals surface area (Å²) in [4.78, 5) is 4.56. The van der Waals surface area contributed by atoms with Crippen molar-refractivity contribution in [1.82, 2.24) is 0 Å². The summed E-state index contributed by atoms with van der Waals surface area (Å²) in [6.07, 6.45) is 0. The second-order valence-corrected chi connectivity index (χ2v) is 15.3. The number of para-hydroxylation sites is 1. The molecule has 0 heterocycles. The quantitative estimate of drug-likeness (QED) is 0.129. The van der Waals surface area contributed by atoms with Crippen LogP contribution < -0.4 is 9.80 Å². The Kier molecular flexibility index (Phi) is 10.7. The molecule has 0 aliphatic rings. The molecule has 0 fully saturated rings. The summed E-state index contributed by atoms with van der Waals surface area (Å²) in [5.74, 6) is 0. The molecular formula is C60H42N2. The minimum absolute atomic E-state index is 0.921. The van der Waals surface area contributed by atoms with E-state index in [1.165, 1.54) is 33.4 Å². The van der Waals surface area contributed by atoms with Crippen LogP contribution in [-0.4, -0.2) is 0 Å². The Hall–Kier alpha value is -8.38. The smallest absolute Gasteiger partial charge is 0.0973 e. The number of anilines is 6. The summed E-state index contributed by atoms with van der Waals surface area (Å²) in [5, 5.41) is 0. The maximum atomic E-state index is 3.48. The zero-order valence-corrected chi connectivity index (χ0v) is 34.1. The van der Waals surface area contributed by atoms with E-state index >= 15 is 0 Å². The largest absolute Gasteiger partial charge is 0.311 e. The van der Waals surface area contributed by atoms with Gasteiger partial charge in [-0.05, 0) is 129 Å². The molecule has 0 N–H and O–H groups in total. The number of rotatable bonds is 11. The highest BCUT2D eigenvalue weighted by Crippen LogP contribution is 2.39. The highest BCUT2D eigenvalue weighted by atomic mass is 15.1. The van der Waals surface area contributed by atoms with Crippen molar-refractivity contribution in [3.8, 4) is 55.6 Å². The van der Waals surface area contributed by atoms with Crippen molar-refractivity contribution in [3.05, 3.63) is 267 Å². The number of hydrogen-bond donors (Lipinski definition) is 0. The van der Waals surface area contributed by atoms with Gasteiger partial charge in [0.2, 0.25) is 0 Å². The monoisotopic (exact) mass is 790 g/mol. The van der Waals surface area contributed by atoms with Crippen LogP contribution in [0.3, 0.4) is 0 Å². The lowest BCUT2D eigenvalue weighted by Crippen LogP contribution is -2.10. The van der Waals surface area contributed by atoms with Crippen LogP contribution in [0.1, 0.15) is 0 Å². The Balaban J connectivity index is 0.922. The molecule has 2 heteroatoms. The van der Waals surface area contributed by atoms with Gasteiger partial charge in [0, 0.05) is 34.0 Å². The van der Waals surface area contributed by atoms with Crippen LogP contribution in [0.4, 0.5) is 34.1 Å². The van der Waals surface area contributed by atoms with Gasteiger partial charge in [-0.25, -0.2) is 0 Å². The van der Waals surface area contributed by atoms with E-state index in [-0.39, 0.29) is 0 Å². The van der Waals surface area contributed by atoms with Gasteiger partial charge < -0.3 is 9.80 Å². The zero-order valence-electron chi connectivity index (χ0n) is 34.1. The third-order valence-electron chi connectivity index (χ3n) is 11.3. The summed E-state index contributed by atoms with van der Waals surface area (Å²) in [7, 11) is 0. The summed E-state index contributed by atoms with van der Waals surface area (Å²) >= 11 is 0. The van der Waals surface area contributed by atoms with Crippen molar-refractivity contribution in [2.45, 2.75) is 0 Å². The fourth-order valence-electron chi connectivity index (χ4n) is 8.07. The summed E-state index contributed by atoms with van der Waals surface area (Å²) in [6, 6.07) is 97.2. The third-order valence-corrected chi connectivity index (χ3v) is 11.3. The van der Waals surface area contributed by atoms with Crippen molar-refractivity contribution in [1.29, 1.82) is 0 Å². The highest BCUT2D eigenvalue weighted by molar-refractivity contribution is 5.82. The first kappa shape index (κ1) is 37.9. The molecule has 2 nitrogen and oxygen atoms in total. The molecule has 0 radical (unpaired) electrons. The molecule has 10 rings (SSSR count). The van der Waals surface area contributed by atoms with Crippen LogP contribution >= 0.6 is 0 Å². The average Bonchev–Trinajstić information content (AvgIpc) is 3.36. The fourth-order valence-corrected chi connectivity index (χ4v) is 8.07. The van der Waals surface area contributed by atoms with Gasteiger partial charge >= 0.3 is 0 Å². The molecule has 0 atom stereocenters. The SMILES string of the molecule is c1c(-c2ccccc2)ccc(N(c2ccc(-c3ccccc3)cc2)c2ccc(-c3ccc(N(c4ccccc4)c4ccc(-c5ccc(-c6ccccc6)cc5)cc4)cc3)cc2)c#1. The van der Waals surface area contributed by atoms with Crippen molar-refractivity contribution < 1.29 is 0 Å². The van der Waals surface area contributed by atoms with E-state index in [0.717, 1.165) is 56.4 Å². The van der Waals surface area contributed by atoms with Crippen molar-refractivity contribution in [3.63, 3.8) is 0 Å². The van der Waals surface area contributed by atoms with Gasteiger partial charge in [-0.3, -0.25) is 0 Å². The Morgan fingerprint density at radius 2 is 0.468 bits per heavy atom. The molecule has 0 spiro atoms. The molecular weight excluding hydrogens is 749 g/mol. The fraction of sp³-hybridized carbons (Fsp3) is 0. The molecule has 10 aromatic rings. The Morgan fingerprint density at radius 1 is 0.194 bits per heavy atom. The van der Waals surface area contributed by atoms with Gasteiger partial charge in [0.25, 0.3) is 0 Å². The zero-order chi connectivity index (χ0) is 41.5. The van der Waals surface area contributed by atoms with Crippen LogP contribution in [0, 0.1) is 12.1 Å². The molecule has 0 saturated heterocycles. The van der Waals surface area contributed by atoms with E-state index in [0.29, 0.717) is 0 Å². The Labute approximate surface area is 364 Å². The molecule has 0 aliphatic carbocycles. The molecule has 0 aliphatic heterocycles. The average molecular weight is 791 g/mol. The first-order chi connectivity index (χ1) is 30.7. The predicted molar refractivity (Wildman–Crippen MR) is 261 cm³/mol. The minimum Gasteiger partial charge on any atom is -0.311 e. The second-order valence-electron chi connectivity index (χ2n) is 15.3. The lowest BCUT2D eigenvalue weighted by atomic mass is 10.00. The Bertz CT molecular complexity index is 2880.